The maximum atomic E-state index is 13.4. The molecule has 1 aliphatic rings. The molecule has 6 heteroatoms. The first-order valence-corrected chi connectivity index (χ1v) is 10.6. The fourth-order valence-corrected chi connectivity index (χ4v) is 3.93. The monoisotopic (exact) mass is 404 g/mol. The van der Waals surface area contributed by atoms with E-state index in [0.29, 0.717) is 18.6 Å². The van der Waals surface area contributed by atoms with E-state index >= 15 is 0 Å². The molecule has 0 saturated carbocycles. The van der Waals surface area contributed by atoms with E-state index in [2.05, 4.69) is 29.9 Å². The number of pyridine rings is 1. The zero-order valence-electron chi connectivity index (χ0n) is 17.9. The van der Waals surface area contributed by atoms with Gasteiger partial charge in [-0.2, -0.15) is 0 Å². The lowest BCUT2D eigenvalue weighted by Gasteiger charge is -2.27. The van der Waals surface area contributed by atoms with E-state index in [1.54, 1.807) is 19.5 Å². The highest BCUT2D eigenvalue weighted by Gasteiger charge is 2.22. The second-order valence-electron chi connectivity index (χ2n) is 7.94. The lowest BCUT2D eigenvalue weighted by atomic mass is 9.98. The summed E-state index contributed by atoms with van der Waals surface area (Å²) in [6, 6.07) is 6.00. The molecule has 0 spiro atoms. The average molecular weight is 405 g/mol. The van der Waals surface area contributed by atoms with E-state index < -0.39 is 0 Å². The Balaban J connectivity index is 1.80. The van der Waals surface area contributed by atoms with Crippen LogP contribution in [0.25, 0.3) is 22.2 Å². The summed E-state index contributed by atoms with van der Waals surface area (Å²) in [6.45, 7) is 6.36. The number of rotatable bonds is 5. The first-order valence-electron chi connectivity index (χ1n) is 10.6. The lowest BCUT2D eigenvalue weighted by Crippen LogP contribution is -2.35. The Labute approximate surface area is 177 Å². The molecule has 0 bridgehead atoms. The number of carbonyl (C=O) groups is 1. The summed E-state index contributed by atoms with van der Waals surface area (Å²) in [4.78, 5) is 29.2. The Morgan fingerprint density at radius 1 is 1.10 bits per heavy atom. The van der Waals surface area contributed by atoms with Gasteiger partial charge in [-0.25, -0.2) is 15.0 Å². The first kappa shape index (κ1) is 20.4. The van der Waals surface area contributed by atoms with Crippen LogP contribution in [-0.2, 0) is 11.2 Å². The number of hydrogen-bond acceptors (Lipinski definition) is 5. The topological polar surface area (TPSA) is 68.2 Å². The smallest absolute Gasteiger partial charge is 0.254 e. The van der Waals surface area contributed by atoms with Crippen LogP contribution in [0.3, 0.4) is 0 Å². The molecular formula is C24H28N4O2. The number of methoxy groups -OCH3 is 1. The van der Waals surface area contributed by atoms with Crippen LogP contribution in [0.2, 0.25) is 0 Å². The Morgan fingerprint density at radius 3 is 2.53 bits per heavy atom. The summed E-state index contributed by atoms with van der Waals surface area (Å²) >= 11 is 0. The van der Waals surface area contributed by atoms with Gasteiger partial charge in [-0.05, 0) is 50.3 Å². The van der Waals surface area contributed by atoms with Crippen molar-refractivity contribution in [1.82, 2.24) is 19.9 Å². The number of piperidine rings is 1. The number of fused-ring (bicyclic) bond motifs is 1. The molecule has 30 heavy (non-hydrogen) atoms. The van der Waals surface area contributed by atoms with E-state index in [-0.39, 0.29) is 5.91 Å². The molecule has 1 saturated heterocycles. The molecule has 0 unspecified atom stereocenters. The van der Waals surface area contributed by atoms with Crippen LogP contribution >= 0.6 is 0 Å². The van der Waals surface area contributed by atoms with Gasteiger partial charge in [0.1, 0.15) is 5.82 Å². The molecule has 0 radical (unpaired) electrons. The predicted octanol–water partition coefficient (Wildman–Crippen LogP) is 4.12. The van der Waals surface area contributed by atoms with Gasteiger partial charge in [0.05, 0.1) is 23.4 Å². The number of aromatic nitrogens is 3. The number of aryl methyl sites for hydroxylation is 2. The van der Waals surface area contributed by atoms with Crippen molar-refractivity contribution in [1.29, 1.82) is 0 Å². The molecule has 6 nitrogen and oxygen atoms in total. The van der Waals surface area contributed by atoms with Gasteiger partial charge < -0.3 is 9.64 Å². The summed E-state index contributed by atoms with van der Waals surface area (Å²) in [6.07, 6.45) is 7.56. The summed E-state index contributed by atoms with van der Waals surface area (Å²) in [5, 5.41) is 0.912. The molecule has 1 aliphatic heterocycles. The van der Waals surface area contributed by atoms with E-state index in [4.69, 9.17) is 9.72 Å². The fraction of sp³-hybridized carbons (Fsp3) is 0.417. The van der Waals surface area contributed by atoms with Crippen molar-refractivity contribution in [3.63, 3.8) is 0 Å². The molecule has 4 rings (SSSR count). The van der Waals surface area contributed by atoms with Crippen LogP contribution in [0.15, 0.2) is 30.6 Å². The van der Waals surface area contributed by atoms with Crippen molar-refractivity contribution in [3.8, 4) is 11.3 Å². The van der Waals surface area contributed by atoms with E-state index in [1.165, 1.54) is 6.42 Å². The number of hydrogen-bond donors (Lipinski definition) is 0. The van der Waals surface area contributed by atoms with Crippen LogP contribution in [-0.4, -0.2) is 52.6 Å². The molecule has 0 atom stereocenters. The zero-order chi connectivity index (χ0) is 21.1. The van der Waals surface area contributed by atoms with Gasteiger partial charge in [-0.3, -0.25) is 4.79 Å². The summed E-state index contributed by atoms with van der Waals surface area (Å²) < 4.78 is 5.10. The third kappa shape index (κ3) is 4.05. The molecule has 0 aliphatic carbocycles. The largest absolute Gasteiger partial charge is 0.384 e. The van der Waals surface area contributed by atoms with Crippen molar-refractivity contribution >= 4 is 16.8 Å². The zero-order valence-corrected chi connectivity index (χ0v) is 17.9. The van der Waals surface area contributed by atoms with Crippen LogP contribution in [0.5, 0.6) is 0 Å². The van der Waals surface area contributed by atoms with Gasteiger partial charge in [-0.1, -0.05) is 12.1 Å². The van der Waals surface area contributed by atoms with Gasteiger partial charge >= 0.3 is 0 Å². The third-order valence-corrected chi connectivity index (χ3v) is 5.91. The van der Waals surface area contributed by atoms with Crippen LogP contribution in [0, 0.1) is 13.8 Å². The minimum absolute atomic E-state index is 0.0873. The van der Waals surface area contributed by atoms with Crippen LogP contribution in [0.4, 0.5) is 0 Å². The molecular weight excluding hydrogens is 376 g/mol. The van der Waals surface area contributed by atoms with Crippen LogP contribution in [0.1, 0.15) is 46.6 Å². The summed E-state index contributed by atoms with van der Waals surface area (Å²) in [5.74, 6) is 0.822. The highest BCUT2D eigenvalue weighted by atomic mass is 16.5. The van der Waals surface area contributed by atoms with Gasteiger partial charge in [-0.15, -0.1) is 0 Å². The fourth-order valence-electron chi connectivity index (χ4n) is 3.93. The van der Waals surface area contributed by atoms with Crippen molar-refractivity contribution in [2.75, 3.05) is 26.8 Å². The molecule has 3 heterocycles. The summed E-state index contributed by atoms with van der Waals surface area (Å²) in [7, 11) is 1.67. The SMILES string of the molecule is COCCc1ncc(-c2cc(C(=O)N3CCCCC3)c3ccc(C)c(C)c3n2)cn1. The third-order valence-electron chi connectivity index (χ3n) is 5.91. The number of nitrogens with zero attached hydrogens (tertiary/aromatic N) is 4. The molecule has 0 N–H and O–H groups in total. The summed E-state index contributed by atoms with van der Waals surface area (Å²) in [5.41, 5.74) is 5.38. The van der Waals surface area contributed by atoms with Gasteiger partial charge in [0.25, 0.3) is 5.91 Å². The molecule has 1 fully saturated rings. The predicted molar refractivity (Wildman–Crippen MR) is 118 cm³/mol. The Bertz CT molecular complexity index is 1060. The minimum Gasteiger partial charge on any atom is -0.384 e. The highest BCUT2D eigenvalue weighted by Crippen LogP contribution is 2.29. The van der Waals surface area contributed by atoms with E-state index in [0.717, 1.165) is 65.0 Å². The molecule has 3 aromatic rings. The highest BCUT2D eigenvalue weighted by molar-refractivity contribution is 6.08. The molecule has 156 valence electrons. The van der Waals surface area contributed by atoms with Crippen LogP contribution < -0.4 is 0 Å². The Morgan fingerprint density at radius 2 is 1.83 bits per heavy atom. The number of benzene rings is 1. The number of likely N-dealkylation sites (tertiary alicyclic amines) is 1. The molecule has 1 aromatic carbocycles. The van der Waals surface area contributed by atoms with Crippen molar-refractivity contribution < 1.29 is 9.53 Å². The van der Waals surface area contributed by atoms with Crippen molar-refractivity contribution in [2.45, 2.75) is 39.5 Å². The normalized spacial score (nSPS) is 14.3. The quantitative estimate of drug-likeness (QED) is 0.640. The Kier molecular flexibility index (Phi) is 6.04. The van der Waals surface area contributed by atoms with Gasteiger partial charge in [0, 0.05) is 50.0 Å². The van der Waals surface area contributed by atoms with E-state index in [9.17, 15) is 4.79 Å². The Hall–Kier alpha value is -2.86. The van der Waals surface area contributed by atoms with Gasteiger partial charge in [0.15, 0.2) is 0 Å². The number of amides is 1. The van der Waals surface area contributed by atoms with Crippen molar-refractivity contribution in [2.24, 2.45) is 0 Å². The first-order chi connectivity index (χ1) is 14.6. The number of carbonyl (C=O) groups excluding carboxylic acids is 1. The van der Waals surface area contributed by atoms with Crippen molar-refractivity contribution in [3.05, 3.63) is 53.1 Å². The second-order valence-corrected chi connectivity index (χ2v) is 7.94. The average Bonchev–Trinajstić information content (AvgIpc) is 2.80. The number of ether oxygens (including phenoxy) is 1. The van der Waals surface area contributed by atoms with E-state index in [1.807, 2.05) is 17.0 Å². The maximum absolute atomic E-state index is 13.4. The molecule has 2 aromatic heterocycles. The second kappa shape index (κ2) is 8.88. The minimum atomic E-state index is 0.0873. The molecule has 1 amide bonds. The maximum Gasteiger partial charge on any atom is 0.254 e. The standard InChI is InChI=1S/C24H28N4O2/c1-16-7-8-19-20(24(29)28-10-5-4-6-11-28)13-21(27-23(19)17(16)2)18-14-25-22(26-15-18)9-12-30-3/h7-8,13-15H,4-6,9-12H2,1-3H3. The van der Waals surface area contributed by atoms with Gasteiger partial charge in [0.2, 0.25) is 0 Å². The lowest BCUT2D eigenvalue weighted by molar-refractivity contribution is 0.0726.